The number of fused-ring (bicyclic) bond motifs is 1. The van der Waals surface area contributed by atoms with Gasteiger partial charge in [0.1, 0.15) is 5.82 Å². The third kappa shape index (κ3) is 2.84. The Labute approximate surface area is 141 Å². The summed E-state index contributed by atoms with van der Waals surface area (Å²) in [7, 11) is 0. The average Bonchev–Trinajstić information content (AvgIpc) is 2.80. The third-order valence-corrected chi connectivity index (χ3v) is 4.05. The maximum absolute atomic E-state index is 13.8. The van der Waals surface area contributed by atoms with Crippen LogP contribution in [0.4, 0.5) is 8.78 Å². The van der Waals surface area contributed by atoms with Crippen molar-refractivity contribution >= 4 is 22.7 Å². The van der Waals surface area contributed by atoms with Crippen molar-refractivity contribution in [3.63, 3.8) is 0 Å². The molecule has 1 aromatic heterocycles. The lowest BCUT2D eigenvalue weighted by Crippen LogP contribution is -2.16. The number of aromatic hydroxyl groups is 1. The van der Waals surface area contributed by atoms with Crippen LogP contribution in [0, 0.1) is 18.6 Å². The number of benzene rings is 2. The molecule has 0 aliphatic rings. The first-order valence-corrected chi connectivity index (χ1v) is 7.40. The van der Waals surface area contributed by atoms with Crippen LogP contribution in [-0.4, -0.2) is 21.5 Å². The molecule has 1 heterocycles. The summed E-state index contributed by atoms with van der Waals surface area (Å²) in [4.78, 5) is 24.2. The standard InChI is InChI=1S/C18H14F2N2O3/c1-9-12(7-17(21)24)13-6-16(23)14(20)8-15(13)22(9)18(25)10-2-4-11(19)5-3-10/h2-6,8,23H,7H2,1H3,(H2,21,24). The van der Waals surface area contributed by atoms with Crippen molar-refractivity contribution in [1.29, 1.82) is 0 Å². The van der Waals surface area contributed by atoms with Gasteiger partial charge in [-0.1, -0.05) is 0 Å². The van der Waals surface area contributed by atoms with E-state index in [9.17, 15) is 23.5 Å². The first-order chi connectivity index (χ1) is 11.8. The van der Waals surface area contributed by atoms with Gasteiger partial charge in [0.2, 0.25) is 5.91 Å². The number of halogens is 2. The highest BCUT2D eigenvalue weighted by Gasteiger charge is 2.22. The molecule has 0 saturated heterocycles. The quantitative estimate of drug-likeness (QED) is 0.766. The van der Waals surface area contributed by atoms with Crippen LogP contribution in [0.3, 0.4) is 0 Å². The number of nitrogens with zero attached hydrogens (tertiary/aromatic N) is 1. The summed E-state index contributed by atoms with van der Waals surface area (Å²) in [6.45, 7) is 1.59. The van der Waals surface area contributed by atoms with Crippen LogP contribution in [0.1, 0.15) is 21.6 Å². The SMILES string of the molecule is Cc1c(CC(N)=O)c2cc(O)c(F)cc2n1C(=O)c1ccc(F)cc1. The number of hydrogen-bond acceptors (Lipinski definition) is 3. The number of hydrogen-bond donors (Lipinski definition) is 2. The summed E-state index contributed by atoms with van der Waals surface area (Å²) in [5.41, 5.74) is 6.46. The number of aromatic nitrogens is 1. The Morgan fingerprint density at radius 1 is 1.16 bits per heavy atom. The smallest absolute Gasteiger partial charge is 0.262 e. The van der Waals surface area contributed by atoms with Crippen molar-refractivity contribution in [3.05, 3.63) is 64.9 Å². The predicted octanol–water partition coefficient (Wildman–Crippen LogP) is 2.65. The van der Waals surface area contributed by atoms with Gasteiger partial charge < -0.3 is 10.8 Å². The molecule has 128 valence electrons. The molecule has 3 N–H and O–H groups in total. The van der Waals surface area contributed by atoms with E-state index in [1.54, 1.807) is 6.92 Å². The monoisotopic (exact) mass is 344 g/mol. The summed E-state index contributed by atoms with van der Waals surface area (Å²) in [5.74, 6) is -3.12. The molecule has 0 spiro atoms. The molecule has 0 atom stereocenters. The molecule has 0 unspecified atom stereocenters. The van der Waals surface area contributed by atoms with Gasteiger partial charge in [-0.3, -0.25) is 14.2 Å². The van der Waals surface area contributed by atoms with Crippen LogP contribution in [0.2, 0.25) is 0 Å². The Kier molecular flexibility index (Phi) is 4.00. The van der Waals surface area contributed by atoms with Crippen molar-refractivity contribution < 1.29 is 23.5 Å². The topological polar surface area (TPSA) is 85.3 Å². The average molecular weight is 344 g/mol. The highest BCUT2D eigenvalue weighted by atomic mass is 19.1. The minimum Gasteiger partial charge on any atom is -0.505 e. The highest BCUT2D eigenvalue weighted by Crippen LogP contribution is 2.32. The van der Waals surface area contributed by atoms with Gasteiger partial charge in [-0.15, -0.1) is 0 Å². The number of carbonyl (C=O) groups is 2. The third-order valence-electron chi connectivity index (χ3n) is 4.05. The molecule has 3 rings (SSSR count). The summed E-state index contributed by atoms with van der Waals surface area (Å²) in [6.07, 6.45) is -0.170. The molecule has 0 aliphatic heterocycles. The molecule has 3 aromatic rings. The van der Waals surface area contributed by atoms with Crippen molar-refractivity contribution in [2.24, 2.45) is 5.73 Å². The van der Waals surface area contributed by atoms with Crippen LogP contribution in [-0.2, 0) is 11.2 Å². The van der Waals surface area contributed by atoms with E-state index in [2.05, 4.69) is 0 Å². The fourth-order valence-corrected chi connectivity index (χ4v) is 2.87. The fraction of sp³-hybridized carbons (Fsp3) is 0.111. The molecule has 7 heteroatoms. The van der Waals surface area contributed by atoms with Crippen molar-refractivity contribution in [3.8, 4) is 5.75 Å². The van der Waals surface area contributed by atoms with Crippen molar-refractivity contribution in [2.75, 3.05) is 0 Å². The van der Waals surface area contributed by atoms with E-state index in [1.165, 1.54) is 16.7 Å². The first kappa shape index (κ1) is 16.6. The number of nitrogens with two attached hydrogens (primary N) is 1. The number of primary amides is 1. The van der Waals surface area contributed by atoms with Gasteiger partial charge in [0.25, 0.3) is 5.91 Å². The Morgan fingerprint density at radius 3 is 2.40 bits per heavy atom. The summed E-state index contributed by atoms with van der Waals surface area (Å²) in [6, 6.07) is 7.09. The molecular formula is C18H14F2N2O3. The van der Waals surface area contributed by atoms with E-state index >= 15 is 0 Å². The van der Waals surface area contributed by atoms with E-state index in [4.69, 9.17) is 5.73 Å². The number of rotatable bonds is 3. The van der Waals surface area contributed by atoms with E-state index in [-0.39, 0.29) is 17.5 Å². The lowest BCUT2D eigenvalue weighted by atomic mass is 10.1. The van der Waals surface area contributed by atoms with Crippen LogP contribution in [0.15, 0.2) is 36.4 Å². The van der Waals surface area contributed by atoms with Crippen LogP contribution >= 0.6 is 0 Å². The second-order valence-electron chi connectivity index (χ2n) is 5.68. The number of carbonyl (C=O) groups excluding carboxylic acids is 2. The van der Waals surface area contributed by atoms with Gasteiger partial charge in [0.05, 0.1) is 11.9 Å². The Balaban J connectivity index is 2.28. The molecule has 0 radical (unpaired) electrons. The molecule has 25 heavy (non-hydrogen) atoms. The van der Waals surface area contributed by atoms with Crippen LogP contribution < -0.4 is 5.73 Å². The van der Waals surface area contributed by atoms with E-state index in [0.717, 1.165) is 24.3 Å². The maximum atomic E-state index is 13.8. The zero-order valence-corrected chi connectivity index (χ0v) is 13.2. The van der Waals surface area contributed by atoms with Crippen molar-refractivity contribution in [1.82, 2.24) is 4.57 Å². The van der Waals surface area contributed by atoms with Crippen LogP contribution in [0.5, 0.6) is 5.75 Å². The largest absolute Gasteiger partial charge is 0.505 e. The first-order valence-electron chi connectivity index (χ1n) is 7.40. The van der Waals surface area contributed by atoms with Gasteiger partial charge in [-0.05, 0) is 42.8 Å². The predicted molar refractivity (Wildman–Crippen MR) is 87.3 cm³/mol. The highest BCUT2D eigenvalue weighted by molar-refractivity contribution is 6.05. The summed E-state index contributed by atoms with van der Waals surface area (Å²) >= 11 is 0. The second-order valence-corrected chi connectivity index (χ2v) is 5.68. The second kappa shape index (κ2) is 6.01. The molecule has 0 aliphatic carbocycles. The molecule has 2 aromatic carbocycles. The zero-order valence-electron chi connectivity index (χ0n) is 13.2. The summed E-state index contributed by atoms with van der Waals surface area (Å²) in [5, 5.41) is 9.99. The van der Waals surface area contributed by atoms with Gasteiger partial charge in [0.15, 0.2) is 11.6 Å². The minimum atomic E-state index is -0.899. The van der Waals surface area contributed by atoms with E-state index in [0.29, 0.717) is 16.6 Å². The lowest BCUT2D eigenvalue weighted by Gasteiger charge is -2.08. The zero-order chi connectivity index (χ0) is 18.3. The molecule has 0 saturated carbocycles. The van der Waals surface area contributed by atoms with Gasteiger partial charge in [-0.25, -0.2) is 8.78 Å². The molecule has 5 nitrogen and oxygen atoms in total. The van der Waals surface area contributed by atoms with Crippen LogP contribution in [0.25, 0.3) is 10.9 Å². The lowest BCUT2D eigenvalue weighted by molar-refractivity contribution is -0.117. The molecule has 0 fully saturated rings. The van der Waals surface area contributed by atoms with E-state index < -0.39 is 29.2 Å². The van der Waals surface area contributed by atoms with Gasteiger partial charge in [0, 0.05) is 22.7 Å². The molecule has 1 amide bonds. The maximum Gasteiger partial charge on any atom is 0.262 e. The number of phenolic OH excluding ortho intramolecular Hbond substituents is 1. The normalized spacial score (nSPS) is 11.0. The molecular weight excluding hydrogens is 330 g/mol. The van der Waals surface area contributed by atoms with E-state index in [1.807, 2.05) is 0 Å². The number of phenols is 1. The molecule has 0 bridgehead atoms. The Bertz CT molecular complexity index is 1010. The van der Waals surface area contributed by atoms with Gasteiger partial charge in [-0.2, -0.15) is 0 Å². The Morgan fingerprint density at radius 2 is 1.80 bits per heavy atom. The number of amides is 1. The van der Waals surface area contributed by atoms with Crippen molar-refractivity contribution in [2.45, 2.75) is 13.3 Å². The minimum absolute atomic E-state index is 0.170. The van der Waals surface area contributed by atoms with Gasteiger partial charge >= 0.3 is 0 Å². The fourth-order valence-electron chi connectivity index (χ4n) is 2.87. The summed E-state index contributed by atoms with van der Waals surface area (Å²) < 4.78 is 28.1. The Hall–Kier alpha value is -3.22.